The van der Waals surface area contributed by atoms with Crippen LogP contribution in [0.3, 0.4) is 0 Å². The van der Waals surface area contributed by atoms with Gasteiger partial charge in [-0.1, -0.05) is 25.4 Å². The first-order valence-electron chi connectivity index (χ1n) is 6.98. The number of ether oxygens (including phenoxy) is 2. The Hall–Kier alpha value is -1.46. The zero-order valence-corrected chi connectivity index (χ0v) is 13.5. The number of rotatable bonds is 9. The first-order chi connectivity index (χ1) is 9.99. The molecule has 0 fully saturated rings. The SMILES string of the molecule is CCCNCc1cc(Cl)c(OCC(C)C(N)=O)c(OC)c1. The third-order valence-corrected chi connectivity index (χ3v) is 3.29. The van der Waals surface area contributed by atoms with Gasteiger partial charge in [0.1, 0.15) is 0 Å². The van der Waals surface area contributed by atoms with Crippen LogP contribution in [0, 0.1) is 5.92 Å². The van der Waals surface area contributed by atoms with Crippen molar-refractivity contribution in [2.45, 2.75) is 26.8 Å². The molecule has 1 aromatic carbocycles. The number of nitrogens with two attached hydrogens (primary N) is 1. The standard InChI is InChI=1S/C15H23ClN2O3/c1-4-5-18-8-11-6-12(16)14(13(7-11)20-3)21-9-10(2)15(17)19/h6-7,10,18H,4-5,8-9H2,1-3H3,(H2,17,19). The smallest absolute Gasteiger partial charge is 0.223 e. The molecule has 5 nitrogen and oxygen atoms in total. The van der Waals surface area contributed by atoms with Crippen molar-refractivity contribution in [1.29, 1.82) is 0 Å². The Morgan fingerprint density at radius 1 is 1.48 bits per heavy atom. The number of halogens is 1. The molecular formula is C15H23ClN2O3. The molecule has 1 rings (SSSR count). The molecule has 21 heavy (non-hydrogen) atoms. The summed E-state index contributed by atoms with van der Waals surface area (Å²) in [5.74, 6) is 0.182. The van der Waals surface area contributed by atoms with Crippen molar-refractivity contribution in [2.24, 2.45) is 11.7 Å². The Bertz CT molecular complexity index is 480. The van der Waals surface area contributed by atoms with Gasteiger partial charge < -0.3 is 20.5 Å². The van der Waals surface area contributed by atoms with Crippen molar-refractivity contribution in [3.8, 4) is 11.5 Å². The molecule has 6 heteroatoms. The van der Waals surface area contributed by atoms with Gasteiger partial charge in [0.25, 0.3) is 0 Å². The number of hydrogen-bond acceptors (Lipinski definition) is 4. The monoisotopic (exact) mass is 314 g/mol. The molecule has 0 saturated carbocycles. The van der Waals surface area contributed by atoms with Gasteiger partial charge in [0.2, 0.25) is 5.91 Å². The van der Waals surface area contributed by atoms with Crippen LogP contribution in [0.25, 0.3) is 0 Å². The van der Waals surface area contributed by atoms with E-state index in [-0.39, 0.29) is 6.61 Å². The largest absolute Gasteiger partial charge is 0.493 e. The summed E-state index contributed by atoms with van der Waals surface area (Å²) in [4.78, 5) is 11.0. The number of carbonyl (C=O) groups is 1. The maximum absolute atomic E-state index is 11.0. The summed E-state index contributed by atoms with van der Waals surface area (Å²) in [6.07, 6.45) is 1.07. The Kier molecular flexibility index (Phi) is 7.32. The lowest BCUT2D eigenvalue weighted by Crippen LogP contribution is -2.26. The highest BCUT2D eigenvalue weighted by Gasteiger charge is 2.15. The van der Waals surface area contributed by atoms with E-state index in [0.29, 0.717) is 23.1 Å². The van der Waals surface area contributed by atoms with E-state index in [1.54, 1.807) is 14.0 Å². The number of nitrogens with one attached hydrogen (secondary N) is 1. The minimum absolute atomic E-state index is 0.166. The first-order valence-corrected chi connectivity index (χ1v) is 7.36. The van der Waals surface area contributed by atoms with E-state index in [2.05, 4.69) is 12.2 Å². The summed E-state index contributed by atoms with van der Waals surface area (Å²) in [6, 6.07) is 3.70. The second-order valence-electron chi connectivity index (χ2n) is 4.90. The van der Waals surface area contributed by atoms with E-state index in [4.69, 9.17) is 26.8 Å². The Labute approximate surface area is 130 Å². The number of hydrogen-bond donors (Lipinski definition) is 2. The average Bonchev–Trinajstić information content (AvgIpc) is 2.45. The molecule has 1 aromatic rings. The quantitative estimate of drug-likeness (QED) is 0.686. The topological polar surface area (TPSA) is 73.6 Å². The minimum atomic E-state index is -0.412. The Morgan fingerprint density at radius 2 is 2.19 bits per heavy atom. The van der Waals surface area contributed by atoms with Crippen LogP contribution < -0.4 is 20.5 Å². The van der Waals surface area contributed by atoms with Crippen molar-refractivity contribution < 1.29 is 14.3 Å². The maximum Gasteiger partial charge on any atom is 0.223 e. The van der Waals surface area contributed by atoms with E-state index >= 15 is 0 Å². The molecular weight excluding hydrogens is 292 g/mol. The van der Waals surface area contributed by atoms with Gasteiger partial charge >= 0.3 is 0 Å². The highest BCUT2D eigenvalue weighted by atomic mass is 35.5. The van der Waals surface area contributed by atoms with Crippen molar-refractivity contribution >= 4 is 17.5 Å². The zero-order chi connectivity index (χ0) is 15.8. The molecule has 0 bridgehead atoms. The number of amides is 1. The lowest BCUT2D eigenvalue weighted by molar-refractivity contribution is -0.122. The molecule has 1 atom stereocenters. The van der Waals surface area contributed by atoms with Gasteiger partial charge in [-0.05, 0) is 30.7 Å². The molecule has 0 aliphatic rings. The normalized spacial score (nSPS) is 12.0. The second kappa shape index (κ2) is 8.74. The summed E-state index contributed by atoms with van der Waals surface area (Å²) in [6.45, 7) is 5.62. The fourth-order valence-electron chi connectivity index (χ4n) is 1.72. The predicted octanol–water partition coefficient (Wildman–Crippen LogP) is 2.35. The number of carbonyl (C=O) groups excluding carboxylic acids is 1. The molecule has 1 amide bonds. The summed E-state index contributed by atoms with van der Waals surface area (Å²) < 4.78 is 10.9. The Morgan fingerprint density at radius 3 is 2.76 bits per heavy atom. The van der Waals surface area contributed by atoms with Crippen molar-refractivity contribution in [3.05, 3.63) is 22.7 Å². The highest BCUT2D eigenvalue weighted by Crippen LogP contribution is 2.36. The van der Waals surface area contributed by atoms with E-state index in [0.717, 1.165) is 18.5 Å². The molecule has 0 aromatic heterocycles. The van der Waals surface area contributed by atoms with E-state index in [1.165, 1.54) is 0 Å². The Balaban J connectivity index is 2.81. The predicted molar refractivity (Wildman–Crippen MR) is 83.9 cm³/mol. The van der Waals surface area contributed by atoms with Gasteiger partial charge in [-0.2, -0.15) is 0 Å². The third-order valence-electron chi connectivity index (χ3n) is 3.01. The fourth-order valence-corrected chi connectivity index (χ4v) is 2.00. The van der Waals surface area contributed by atoms with Crippen LogP contribution in [0.1, 0.15) is 25.8 Å². The summed E-state index contributed by atoms with van der Waals surface area (Å²) >= 11 is 6.24. The molecule has 0 heterocycles. The molecule has 0 aliphatic heterocycles. The molecule has 0 radical (unpaired) electrons. The van der Waals surface area contributed by atoms with Crippen LogP contribution in [-0.4, -0.2) is 26.2 Å². The van der Waals surface area contributed by atoms with Crippen LogP contribution in [-0.2, 0) is 11.3 Å². The van der Waals surface area contributed by atoms with Crippen LogP contribution in [0.2, 0.25) is 5.02 Å². The molecule has 118 valence electrons. The van der Waals surface area contributed by atoms with Gasteiger partial charge in [0.15, 0.2) is 11.5 Å². The first kappa shape index (κ1) is 17.6. The van der Waals surface area contributed by atoms with E-state index in [9.17, 15) is 4.79 Å². The van der Waals surface area contributed by atoms with E-state index < -0.39 is 11.8 Å². The van der Waals surface area contributed by atoms with Gasteiger partial charge in [-0.3, -0.25) is 4.79 Å². The summed E-state index contributed by atoms with van der Waals surface area (Å²) in [7, 11) is 1.55. The van der Waals surface area contributed by atoms with Crippen molar-refractivity contribution in [3.63, 3.8) is 0 Å². The average molecular weight is 315 g/mol. The third kappa shape index (κ3) is 5.44. The number of primary amides is 1. The molecule has 0 saturated heterocycles. The molecule has 0 aliphatic carbocycles. The van der Waals surface area contributed by atoms with Gasteiger partial charge in [0, 0.05) is 6.54 Å². The van der Waals surface area contributed by atoms with E-state index in [1.807, 2.05) is 12.1 Å². The maximum atomic E-state index is 11.0. The zero-order valence-electron chi connectivity index (χ0n) is 12.7. The van der Waals surface area contributed by atoms with Crippen LogP contribution in [0.5, 0.6) is 11.5 Å². The highest BCUT2D eigenvalue weighted by molar-refractivity contribution is 6.32. The lowest BCUT2D eigenvalue weighted by Gasteiger charge is -2.16. The lowest BCUT2D eigenvalue weighted by atomic mass is 10.1. The van der Waals surface area contributed by atoms with Gasteiger partial charge in [-0.15, -0.1) is 0 Å². The minimum Gasteiger partial charge on any atom is -0.493 e. The molecule has 0 spiro atoms. The van der Waals surface area contributed by atoms with Crippen molar-refractivity contribution in [1.82, 2.24) is 5.32 Å². The number of benzene rings is 1. The summed E-state index contributed by atoms with van der Waals surface area (Å²) in [5.41, 5.74) is 6.22. The van der Waals surface area contributed by atoms with Gasteiger partial charge in [-0.25, -0.2) is 0 Å². The van der Waals surface area contributed by atoms with Crippen molar-refractivity contribution in [2.75, 3.05) is 20.3 Å². The van der Waals surface area contributed by atoms with Crippen LogP contribution >= 0.6 is 11.6 Å². The second-order valence-corrected chi connectivity index (χ2v) is 5.31. The van der Waals surface area contributed by atoms with Crippen LogP contribution in [0.4, 0.5) is 0 Å². The molecule has 3 N–H and O–H groups in total. The fraction of sp³-hybridized carbons (Fsp3) is 0.533. The van der Waals surface area contributed by atoms with Gasteiger partial charge in [0.05, 0.1) is 24.7 Å². The van der Waals surface area contributed by atoms with Crippen LogP contribution in [0.15, 0.2) is 12.1 Å². The molecule has 1 unspecified atom stereocenters. The summed E-state index contributed by atoms with van der Waals surface area (Å²) in [5, 5.41) is 3.76. The number of methoxy groups -OCH3 is 1.